The molecule has 2 rings (SSSR count). The number of aryl methyl sites for hydroxylation is 1. The van der Waals surface area contributed by atoms with Gasteiger partial charge in [0, 0.05) is 23.6 Å². The van der Waals surface area contributed by atoms with Crippen LogP contribution in [0.4, 0.5) is 0 Å². The zero-order valence-electron chi connectivity index (χ0n) is 11.3. The predicted molar refractivity (Wildman–Crippen MR) is 78.7 cm³/mol. The van der Waals surface area contributed by atoms with Gasteiger partial charge in [0.2, 0.25) is 0 Å². The summed E-state index contributed by atoms with van der Waals surface area (Å²) in [4.78, 5) is 16.8. The lowest BCUT2D eigenvalue weighted by atomic mass is 10.2. The third kappa shape index (κ3) is 2.71. The van der Waals surface area contributed by atoms with E-state index in [1.54, 1.807) is 4.57 Å². The van der Waals surface area contributed by atoms with Gasteiger partial charge in [-0.2, -0.15) is 0 Å². The van der Waals surface area contributed by atoms with Crippen molar-refractivity contribution < 1.29 is 8.42 Å². The molecule has 0 bridgehead atoms. The van der Waals surface area contributed by atoms with E-state index >= 15 is 0 Å². The van der Waals surface area contributed by atoms with Gasteiger partial charge < -0.3 is 0 Å². The molecule has 2 aromatic rings. The van der Waals surface area contributed by atoms with Crippen LogP contribution in [0.5, 0.6) is 0 Å². The minimum absolute atomic E-state index is 0.0853. The summed E-state index contributed by atoms with van der Waals surface area (Å²) < 4.78 is 24.3. The highest BCUT2D eigenvalue weighted by Crippen LogP contribution is 2.19. The van der Waals surface area contributed by atoms with E-state index in [2.05, 4.69) is 4.98 Å². The molecule has 1 aromatic carbocycles. The van der Waals surface area contributed by atoms with Crippen molar-refractivity contribution in [2.24, 2.45) is 0 Å². The van der Waals surface area contributed by atoms with E-state index in [1.165, 1.54) is 18.2 Å². The normalized spacial score (nSPS) is 11.9. The summed E-state index contributed by atoms with van der Waals surface area (Å²) in [6.07, 6.45) is 1.44. The number of halogens is 1. The van der Waals surface area contributed by atoms with Gasteiger partial charge >= 0.3 is 0 Å². The monoisotopic (exact) mass is 314 g/mol. The van der Waals surface area contributed by atoms with Gasteiger partial charge in [-0.3, -0.25) is 9.36 Å². The zero-order chi connectivity index (χ0) is 14.9. The van der Waals surface area contributed by atoms with Crippen LogP contribution in [0.3, 0.4) is 0 Å². The molecule has 108 valence electrons. The van der Waals surface area contributed by atoms with E-state index in [4.69, 9.17) is 10.7 Å². The summed E-state index contributed by atoms with van der Waals surface area (Å²) in [5.41, 5.74) is 0.263. The number of hydrogen-bond donors (Lipinski definition) is 0. The van der Waals surface area contributed by atoms with Crippen molar-refractivity contribution in [1.82, 2.24) is 9.55 Å². The van der Waals surface area contributed by atoms with Gasteiger partial charge in [-0.1, -0.05) is 13.8 Å². The Morgan fingerprint density at radius 2 is 2.00 bits per heavy atom. The average molecular weight is 315 g/mol. The highest BCUT2D eigenvalue weighted by atomic mass is 35.7. The summed E-state index contributed by atoms with van der Waals surface area (Å²) >= 11 is 0. The second kappa shape index (κ2) is 5.54. The van der Waals surface area contributed by atoms with Crippen molar-refractivity contribution in [1.29, 1.82) is 0 Å². The fourth-order valence-corrected chi connectivity index (χ4v) is 2.90. The van der Waals surface area contributed by atoms with E-state index in [0.29, 0.717) is 24.3 Å². The number of rotatable bonds is 4. The first-order valence-electron chi connectivity index (χ1n) is 6.36. The van der Waals surface area contributed by atoms with Gasteiger partial charge in [0.1, 0.15) is 5.82 Å². The molecule has 0 fully saturated rings. The minimum atomic E-state index is -3.86. The van der Waals surface area contributed by atoms with Crippen LogP contribution in [-0.4, -0.2) is 18.0 Å². The molecule has 0 saturated carbocycles. The van der Waals surface area contributed by atoms with E-state index < -0.39 is 9.05 Å². The van der Waals surface area contributed by atoms with E-state index in [0.717, 1.165) is 6.42 Å². The van der Waals surface area contributed by atoms with Gasteiger partial charge in [-0.25, -0.2) is 13.4 Å². The third-order valence-electron chi connectivity index (χ3n) is 3.05. The summed E-state index contributed by atoms with van der Waals surface area (Å²) in [6, 6.07) is 4.17. The Bertz CT molecular complexity index is 812. The number of benzene rings is 1. The van der Waals surface area contributed by atoms with E-state index in [1.807, 2.05) is 13.8 Å². The summed E-state index contributed by atoms with van der Waals surface area (Å²) in [5, 5.41) is 0.275. The molecule has 0 atom stereocenters. The SMILES string of the molecule is CCCn1c(CC)nc2ccc(S(=O)(=O)Cl)cc2c1=O. The average Bonchev–Trinajstić information content (AvgIpc) is 2.40. The quantitative estimate of drug-likeness (QED) is 0.812. The van der Waals surface area contributed by atoms with Crippen LogP contribution >= 0.6 is 10.7 Å². The molecule has 7 heteroatoms. The Morgan fingerprint density at radius 1 is 1.30 bits per heavy atom. The Kier molecular flexibility index (Phi) is 4.15. The Balaban J connectivity index is 2.82. The lowest BCUT2D eigenvalue weighted by molar-refractivity contribution is 0.607. The largest absolute Gasteiger partial charge is 0.296 e. The highest BCUT2D eigenvalue weighted by Gasteiger charge is 2.14. The first kappa shape index (κ1) is 15.0. The van der Waals surface area contributed by atoms with Crippen LogP contribution in [0, 0.1) is 0 Å². The fourth-order valence-electron chi connectivity index (χ4n) is 2.12. The Hall–Kier alpha value is -1.40. The minimum Gasteiger partial charge on any atom is -0.296 e. The summed E-state index contributed by atoms with van der Waals surface area (Å²) in [5.74, 6) is 0.700. The third-order valence-corrected chi connectivity index (χ3v) is 4.40. The van der Waals surface area contributed by atoms with Crippen molar-refractivity contribution in [2.45, 2.75) is 38.1 Å². The van der Waals surface area contributed by atoms with Gasteiger partial charge in [0.15, 0.2) is 0 Å². The molecule has 0 aliphatic carbocycles. The zero-order valence-corrected chi connectivity index (χ0v) is 12.8. The lowest BCUT2D eigenvalue weighted by Gasteiger charge is -2.11. The molecular formula is C13H15ClN2O3S. The standard InChI is InChI=1S/C13H15ClN2O3S/c1-3-7-16-12(4-2)15-11-6-5-9(20(14,18)19)8-10(11)13(16)17/h5-6,8H,3-4,7H2,1-2H3. The van der Waals surface area contributed by atoms with Gasteiger partial charge in [-0.15, -0.1) is 0 Å². The topological polar surface area (TPSA) is 69.0 Å². The maximum absolute atomic E-state index is 12.5. The van der Waals surface area contributed by atoms with Crippen molar-refractivity contribution in [3.8, 4) is 0 Å². The van der Waals surface area contributed by atoms with Gasteiger partial charge in [-0.05, 0) is 24.6 Å². The number of fused-ring (bicyclic) bond motifs is 1. The Morgan fingerprint density at radius 3 is 2.55 bits per heavy atom. The molecule has 0 aliphatic rings. The molecular weight excluding hydrogens is 300 g/mol. The second-order valence-electron chi connectivity index (χ2n) is 4.46. The molecule has 1 aromatic heterocycles. The summed E-state index contributed by atoms with van der Waals surface area (Å²) in [6.45, 7) is 4.45. The second-order valence-corrected chi connectivity index (χ2v) is 7.02. The number of nitrogens with zero attached hydrogens (tertiary/aromatic N) is 2. The molecule has 20 heavy (non-hydrogen) atoms. The van der Waals surface area contributed by atoms with Crippen molar-refractivity contribution in [3.63, 3.8) is 0 Å². The smallest absolute Gasteiger partial charge is 0.261 e. The van der Waals surface area contributed by atoms with Crippen LogP contribution in [0.25, 0.3) is 10.9 Å². The molecule has 0 amide bonds. The molecule has 0 spiro atoms. The van der Waals surface area contributed by atoms with Crippen LogP contribution in [0.15, 0.2) is 27.9 Å². The lowest BCUT2D eigenvalue weighted by Crippen LogP contribution is -2.25. The van der Waals surface area contributed by atoms with E-state index in [9.17, 15) is 13.2 Å². The number of aromatic nitrogens is 2. The van der Waals surface area contributed by atoms with Crippen molar-refractivity contribution in [3.05, 3.63) is 34.4 Å². The molecule has 0 saturated heterocycles. The maximum atomic E-state index is 12.5. The van der Waals surface area contributed by atoms with E-state index in [-0.39, 0.29) is 15.8 Å². The molecule has 0 unspecified atom stereocenters. The molecule has 0 radical (unpaired) electrons. The molecule has 0 N–H and O–H groups in total. The predicted octanol–water partition coefficient (Wildman–Crippen LogP) is 2.30. The summed E-state index contributed by atoms with van der Waals surface area (Å²) in [7, 11) is 1.46. The molecule has 0 aliphatic heterocycles. The molecule has 5 nitrogen and oxygen atoms in total. The van der Waals surface area contributed by atoms with Crippen LogP contribution < -0.4 is 5.56 Å². The number of hydrogen-bond acceptors (Lipinski definition) is 4. The first-order chi connectivity index (χ1) is 9.38. The van der Waals surface area contributed by atoms with Crippen LogP contribution in [-0.2, 0) is 22.0 Å². The van der Waals surface area contributed by atoms with Crippen LogP contribution in [0.1, 0.15) is 26.1 Å². The first-order valence-corrected chi connectivity index (χ1v) is 8.67. The van der Waals surface area contributed by atoms with Crippen molar-refractivity contribution in [2.75, 3.05) is 0 Å². The van der Waals surface area contributed by atoms with Crippen LogP contribution in [0.2, 0.25) is 0 Å². The molecule has 1 heterocycles. The maximum Gasteiger partial charge on any atom is 0.261 e. The van der Waals surface area contributed by atoms with Gasteiger partial charge in [0.05, 0.1) is 15.8 Å². The highest BCUT2D eigenvalue weighted by molar-refractivity contribution is 8.13. The fraction of sp³-hybridized carbons (Fsp3) is 0.385. The van der Waals surface area contributed by atoms with Gasteiger partial charge in [0.25, 0.3) is 14.6 Å². The Labute approximate surface area is 121 Å². The van der Waals surface area contributed by atoms with Crippen molar-refractivity contribution >= 4 is 30.6 Å².